The summed E-state index contributed by atoms with van der Waals surface area (Å²) < 4.78 is 1.85. The Morgan fingerprint density at radius 1 is 1.33 bits per heavy atom. The van der Waals surface area contributed by atoms with E-state index in [1.165, 1.54) is 4.90 Å². The van der Waals surface area contributed by atoms with Crippen molar-refractivity contribution in [2.24, 2.45) is 0 Å². The van der Waals surface area contributed by atoms with Gasteiger partial charge >= 0.3 is 0 Å². The van der Waals surface area contributed by atoms with Gasteiger partial charge in [-0.05, 0) is 44.0 Å². The molecule has 0 aliphatic heterocycles. The van der Waals surface area contributed by atoms with Crippen molar-refractivity contribution >= 4 is 17.4 Å². The number of aliphatic hydroxyl groups excluding tert-OH is 1. The highest BCUT2D eigenvalue weighted by atomic mass is 32.2. The highest BCUT2D eigenvalue weighted by molar-refractivity contribution is 7.99. The second kappa shape index (κ2) is 8.69. The van der Waals surface area contributed by atoms with Crippen LogP contribution in [0.3, 0.4) is 0 Å². The normalized spacial score (nSPS) is 12.3. The maximum absolute atomic E-state index is 8.77. The van der Waals surface area contributed by atoms with Crippen LogP contribution in [0.15, 0.2) is 41.8 Å². The second-order valence-corrected chi connectivity index (χ2v) is 6.11. The molecule has 1 aromatic carbocycles. The van der Waals surface area contributed by atoms with E-state index in [9.17, 15) is 0 Å². The van der Waals surface area contributed by atoms with E-state index in [4.69, 9.17) is 5.11 Å². The number of aliphatic hydroxyl groups is 1. The van der Waals surface area contributed by atoms with Crippen molar-refractivity contribution in [1.82, 2.24) is 14.8 Å². The number of anilines is 1. The molecule has 5 nitrogen and oxygen atoms in total. The van der Waals surface area contributed by atoms with Crippen LogP contribution in [-0.4, -0.2) is 38.3 Å². The molecule has 21 heavy (non-hydrogen) atoms. The second-order valence-electron chi connectivity index (χ2n) is 4.94. The minimum Gasteiger partial charge on any atom is -0.396 e. The van der Waals surface area contributed by atoms with Gasteiger partial charge in [0.2, 0.25) is 0 Å². The number of aromatic nitrogens is 3. The molecule has 2 rings (SSSR count). The molecule has 2 aromatic rings. The Bertz CT molecular complexity index is 501. The zero-order valence-electron chi connectivity index (χ0n) is 12.3. The number of thioether (sulfide) groups is 1. The van der Waals surface area contributed by atoms with Gasteiger partial charge in [-0.15, -0.1) is 11.8 Å². The summed E-state index contributed by atoms with van der Waals surface area (Å²) in [5, 5.41) is 16.4. The molecule has 0 fully saturated rings. The Morgan fingerprint density at radius 3 is 2.81 bits per heavy atom. The van der Waals surface area contributed by atoms with Gasteiger partial charge in [0.05, 0.1) is 0 Å². The van der Waals surface area contributed by atoms with Crippen molar-refractivity contribution in [2.75, 3.05) is 17.7 Å². The topological polar surface area (TPSA) is 63.0 Å². The zero-order valence-corrected chi connectivity index (χ0v) is 13.1. The molecule has 0 aliphatic carbocycles. The summed E-state index contributed by atoms with van der Waals surface area (Å²) in [7, 11) is 0. The van der Waals surface area contributed by atoms with E-state index in [0.717, 1.165) is 30.8 Å². The van der Waals surface area contributed by atoms with Crippen molar-refractivity contribution < 1.29 is 5.11 Å². The summed E-state index contributed by atoms with van der Waals surface area (Å²) in [6.07, 6.45) is 5.14. The van der Waals surface area contributed by atoms with Gasteiger partial charge in [-0.3, -0.25) is 4.68 Å². The van der Waals surface area contributed by atoms with Crippen LogP contribution in [0, 0.1) is 0 Å². The molecule has 0 aliphatic rings. The van der Waals surface area contributed by atoms with Gasteiger partial charge in [-0.2, -0.15) is 5.10 Å². The molecule has 2 N–H and O–H groups in total. The fourth-order valence-corrected chi connectivity index (χ4v) is 2.77. The standard InChI is InChI=1S/C15H22N4OS/c1-13(7-8-19-12-16-11-17-19)18-14-3-5-15(6-4-14)21-10-2-9-20/h3-6,11-13,18,20H,2,7-10H2,1H3. The summed E-state index contributed by atoms with van der Waals surface area (Å²) in [5.74, 6) is 0.956. The fourth-order valence-electron chi connectivity index (χ4n) is 1.93. The molecule has 1 aromatic heterocycles. The Labute approximate surface area is 129 Å². The average molecular weight is 306 g/mol. The van der Waals surface area contributed by atoms with Crippen LogP contribution in [0.5, 0.6) is 0 Å². The van der Waals surface area contributed by atoms with Crippen LogP contribution in [-0.2, 0) is 6.54 Å². The number of hydrogen-bond donors (Lipinski definition) is 2. The molecular weight excluding hydrogens is 284 g/mol. The van der Waals surface area contributed by atoms with Gasteiger partial charge in [0.15, 0.2) is 0 Å². The van der Waals surface area contributed by atoms with Gasteiger partial charge in [-0.1, -0.05) is 0 Å². The van der Waals surface area contributed by atoms with Gasteiger partial charge in [0, 0.05) is 35.5 Å². The summed E-state index contributed by atoms with van der Waals surface area (Å²) in [5.41, 5.74) is 1.13. The monoisotopic (exact) mass is 306 g/mol. The van der Waals surface area contributed by atoms with Crippen LogP contribution >= 0.6 is 11.8 Å². The van der Waals surface area contributed by atoms with E-state index in [-0.39, 0.29) is 6.61 Å². The summed E-state index contributed by atoms with van der Waals surface area (Å²) in [4.78, 5) is 5.18. The highest BCUT2D eigenvalue weighted by Crippen LogP contribution is 2.21. The van der Waals surface area contributed by atoms with E-state index in [0.29, 0.717) is 6.04 Å². The quantitative estimate of drug-likeness (QED) is 0.551. The number of nitrogens with zero attached hydrogens (tertiary/aromatic N) is 3. The van der Waals surface area contributed by atoms with Crippen LogP contribution in [0.4, 0.5) is 5.69 Å². The van der Waals surface area contributed by atoms with Crippen LogP contribution in [0.2, 0.25) is 0 Å². The lowest BCUT2D eigenvalue weighted by Crippen LogP contribution is -2.17. The maximum atomic E-state index is 8.77. The number of hydrogen-bond acceptors (Lipinski definition) is 5. The molecule has 0 radical (unpaired) electrons. The third kappa shape index (κ3) is 5.77. The van der Waals surface area contributed by atoms with Gasteiger partial charge in [-0.25, -0.2) is 4.98 Å². The van der Waals surface area contributed by atoms with Crippen LogP contribution < -0.4 is 5.32 Å². The fraction of sp³-hybridized carbons (Fsp3) is 0.467. The largest absolute Gasteiger partial charge is 0.396 e. The molecular formula is C15H22N4OS. The first-order valence-corrected chi connectivity index (χ1v) is 8.19. The highest BCUT2D eigenvalue weighted by Gasteiger charge is 2.03. The minimum absolute atomic E-state index is 0.260. The molecule has 0 amide bonds. The van der Waals surface area contributed by atoms with Crippen molar-refractivity contribution in [2.45, 2.75) is 37.2 Å². The Hall–Kier alpha value is -1.53. The summed E-state index contributed by atoms with van der Waals surface area (Å²) in [6.45, 7) is 3.29. The van der Waals surface area contributed by atoms with E-state index < -0.39 is 0 Å². The molecule has 6 heteroatoms. The Morgan fingerprint density at radius 2 is 2.14 bits per heavy atom. The SMILES string of the molecule is CC(CCn1cncn1)Nc1ccc(SCCCO)cc1. The molecule has 0 saturated carbocycles. The summed E-state index contributed by atoms with van der Waals surface area (Å²) >= 11 is 1.77. The number of rotatable bonds is 9. The number of aryl methyl sites for hydroxylation is 1. The molecule has 1 unspecified atom stereocenters. The predicted octanol–water partition coefficient (Wildman–Crippen LogP) is 2.64. The van der Waals surface area contributed by atoms with E-state index in [1.807, 2.05) is 4.68 Å². The summed E-state index contributed by atoms with van der Waals surface area (Å²) in [6, 6.07) is 8.82. The smallest absolute Gasteiger partial charge is 0.137 e. The molecule has 0 saturated heterocycles. The van der Waals surface area contributed by atoms with Crippen LogP contribution in [0.25, 0.3) is 0 Å². The maximum Gasteiger partial charge on any atom is 0.137 e. The van der Waals surface area contributed by atoms with E-state index in [2.05, 4.69) is 46.6 Å². The first-order chi connectivity index (χ1) is 10.3. The van der Waals surface area contributed by atoms with E-state index in [1.54, 1.807) is 24.4 Å². The minimum atomic E-state index is 0.260. The van der Waals surface area contributed by atoms with Crippen LogP contribution in [0.1, 0.15) is 19.8 Å². The lowest BCUT2D eigenvalue weighted by Gasteiger charge is -2.15. The predicted molar refractivity (Wildman–Crippen MR) is 86.6 cm³/mol. The molecule has 1 heterocycles. The first kappa shape index (κ1) is 15.9. The Kier molecular flexibility index (Phi) is 6.56. The van der Waals surface area contributed by atoms with Gasteiger partial charge in [0.1, 0.15) is 12.7 Å². The molecule has 0 bridgehead atoms. The van der Waals surface area contributed by atoms with Crippen molar-refractivity contribution in [3.63, 3.8) is 0 Å². The number of benzene rings is 1. The van der Waals surface area contributed by atoms with Gasteiger partial charge < -0.3 is 10.4 Å². The third-order valence-corrected chi connectivity index (χ3v) is 4.19. The Balaban J connectivity index is 1.74. The lowest BCUT2D eigenvalue weighted by molar-refractivity contribution is 0.296. The average Bonchev–Trinajstić information content (AvgIpc) is 3.01. The lowest BCUT2D eigenvalue weighted by atomic mass is 10.2. The third-order valence-electron chi connectivity index (χ3n) is 3.10. The van der Waals surface area contributed by atoms with Gasteiger partial charge in [0.25, 0.3) is 0 Å². The van der Waals surface area contributed by atoms with Crippen molar-refractivity contribution in [3.8, 4) is 0 Å². The molecule has 0 spiro atoms. The van der Waals surface area contributed by atoms with Crippen molar-refractivity contribution in [3.05, 3.63) is 36.9 Å². The molecule has 1 atom stereocenters. The van der Waals surface area contributed by atoms with Crippen molar-refractivity contribution in [1.29, 1.82) is 0 Å². The molecule has 114 valence electrons. The number of nitrogens with one attached hydrogen (secondary N) is 1. The zero-order chi connectivity index (χ0) is 14.9. The van der Waals surface area contributed by atoms with E-state index >= 15 is 0 Å². The first-order valence-electron chi connectivity index (χ1n) is 7.20.